The fourth-order valence-electron chi connectivity index (χ4n) is 3.56. The lowest BCUT2D eigenvalue weighted by molar-refractivity contribution is -0.138. The summed E-state index contributed by atoms with van der Waals surface area (Å²) in [6, 6.07) is 9.40. The van der Waals surface area contributed by atoms with Gasteiger partial charge in [-0.05, 0) is 85.8 Å². The molecule has 29 heavy (non-hydrogen) atoms. The lowest BCUT2D eigenvalue weighted by Crippen LogP contribution is -2.12. The summed E-state index contributed by atoms with van der Waals surface area (Å²) in [5, 5.41) is 0. The molecule has 0 nitrogen and oxygen atoms in total. The molecule has 0 N–H and O–H groups in total. The van der Waals surface area contributed by atoms with Gasteiger partial charge in [-0.15, -0.1) is 0 Å². The highest BCUT2D eigenvalue weighted by Gasteiger charge is 2.34. The molecular weight excluding hydrogens is 390 g/mol. The molecule has 0 aliphatic heterocycles. The number of benzene rings is 2. The van der Waals surface area contributed by atoms with E-state index < -0.39 is 23.5 Å². The van der Waals surface area contributed by atoms with Gasteiger partial charge in [-0.1, -0.05) is 30.7 Å². The fourth-order valence-corrected chi connectivity index (χ4v) is 3.56. The molecule has 2 aromatic rings. The first-order chi connectivity index (χ1) is 13.5. The van der Waals surface area contributed by atoms with Crippen molar-refractivity contribution in [3.05, 3.63) is 69.8 Å². The van der Waals surface area contributed by atoms with Crippen LogP contribution in [-0.4, -0.2) is 0 Å². The highest BCUT2D eigenvalue weighted by Crippen LogP contribution is 2.43. The van der Waals surface area contributed by atoms with E-state index in [1.807, 2.05) is 12.1 Å². The zero-order chi connectivity index (χ0) is 21.4. The van der Waals surface area contributed by atoms with Crippen LogP contribution in [0.2, 0.25) is 0 Å². The highest BCUT2D eigenvalue weighted by atomic mass is 19.4. The minimum atomic E-state index is -4.22. The molecule has 0 bridgehead atoms. The van der Waals surface area contributed by atoms with Gasteiger partial charge in [0.2, 0.25) is 0 Å². The molecule has 0 amide bonds. The summed E-state index contributed by atoms with van der Waals surface area (Å²) >= 11 is 0. The first-order valence-corrected chi connectivity index (χ1v) is 9.82. The average molecular weight is 414 g/mol. The molecule has 158 valence electrons. The van der Waals surface area contributed by atoms with Crippen molar-refractivity contribution in [1.82, 2.24) is 0 Å². The van der Waals surface area contributed by atoms with E-state index in [-0.39, 0.29) is 0 Å². The van der Waals surface area contributed by atoms with E-state index >= 15 is 0 Å². The maximum Gasteiger partial charge on any atom is 0.416 e. The molecule has 4 rings (SSSR count). The number of halogens is 6. The van der Waals surface area contributed by atoms with Crippen LogP contribution in [-0.2, 0) is 12.4 Å². The molecule has 0 unspecified atom stereocenters. The van der Waals surface area contributed by atoms with Gasteiger partial charge >= 0.3 is 12.4 Å². The monoisotopic (exact) mass is 414 g/mol. The van der Waals surface area contributed by atoms with Crippen molar-refractivity contribution in [1.29, 1.82) is 0 Å². The van der Waals surface area contributed by atoms with Crippen LogP contribution in [0.3, 0.4) is 0 Å². The number of alkyl halides is 6. The third-order valence-electron chi connectivity index (χ3n) is 5.76. The van der Waals surface area contributed by atoms with Crippen LogP contribution in [0.5, 0.6) is 0 Å². The molecule has 0 aromatic heterocycles. The van der Waals surface area contributed by atoms with Gasteiger partial charge in [-0.25, -0.2) is 0 Å². The Morgan fingerprint density at radius 1 is 0.621 bits per heavy atom. The zero-order valence-electron chi connectivity index (χ0n) is 16.4. The minimum Gasteiger partial charge on any atom is -0.166 e. The van der Waals surface area contributed by atoms with Gasteiger partial charge in [0.1, 0.15) is 0 Å². The molecular formula is C23H24F6. The van der Waals surface area contributed by atoms with E-state index in [1.54, 1.807) is 12.1 Å². The van der Waals surface area contributed by atoms with Crippen molar-refractivity contribution < 1.29 is 26.3 Å². The van der Waals surface area contributed by atoms with Crippen LogP contribution >= 0.6 is 0 Å². The standard InChI is InChI=1S/C12H13F3.C11H11F3/c1-8-5-6-10(9-3-2-4-9)7-11(8)12(13,14)15;1-7-2-3-9(8-4-5-8)6-10(7)11(12,13)14/h5-7,9H,2-4H2,1H3;2-3,6,8H,4-5H2,1H3. The Labute approximate surface area is 166 Å². The van der Waals surface area contributed by atoms with Gasteiger partial charge < -0.3 is 0 Å². The van der Waals surface area contributed by atoms with Crippen molar-refractivity contribution in [3.63, 3.8) is 0 Å². The van der Waals surface area contributed by atoms with Gasteiger partial charge in [-0.3, -0.25) is 0 Å². The van der Waals surface area contributed by atoms with E-state index in [0.717, 1.165) is 43.2 Å². The largest absolute Gasteiger partial charge is 0.416 e. The fraction of sp³-hybridized carbons (Fsp3) is 0.478. The Morgan fingerprint density at radius 3 is 1.28 bits per heavy atom. The first kappa shape index (κ1) is 21.7. The number of rotatable bonds is 2. The summed E-state index contributed by atoms with van der Waals surface area (Å²) in [7, 11) is 0. The Kier molecular flexibility index (Phi) is 6.02. The van der Waals surface area contributed by atoms with E-state index in [9.17, 15) is 26.3 Å². The molecule has 2 aromatic carbocycles. The number of hydrogen-bond acceptors (Lipinski definition) is 0. The molecule has 2 aliphatic carbocycles. The summed E-state index contributed by atoms with van der Waals surface area (Å²) < 4.78 is 75.4. The second-order valence-electron chi connectivity index (χ2n) is 8.05. The van der Waals surface area contributed by atoms with Crippen LogP contribution in [0.15, 0.2) is 36.4 Å². The van der Waals surface area contributed by atoms with Crippen LogP contribution in [0, 0.1) is 13.8 Å². The predicted molar refractivity (Wildman–Crippen MR) is 101 cm³/mol. The molecule has 0 heterocycles. The van der Waals surface area contributed by atoms with E-state index in [1.165, 1.54) is 26.0 Å². The third-order valence-corrected chi connectivity index (χ3v) is 5.76. The van der Waals surface area contributed by atoms with Crippen LogP contribution in [0.4, 0.5) is 26.3 Å². The van der Waals surface area contributed by atoms with Crippen molar-refractivity contribution >= 4 is 0 Å². The molecule has 0 radical (unpaired) electrons. The van der Waals surface area contributed by atoms with Crippen LogP contribution in [0.1, 0.15) is 77.3 Å². The van der Waals surface area contributed by atoms with E-state index in [4.69, 9.17) is 0 Å². The molecule has 2 fully saturated rings. The van der Waals surface area contributed by atoms with E-state index in [0.29, 0.717) is 23.0 Å². The molecule has 6 heteroatoms. The van der Waals surface area contributed by atoms with Crippen molar-refractivity contribution in [3.8, 4) is 0 Å². The Balaban J connectivity index is 0.000000166. The maximum atomic E-state index is 12.6. The molecule has 2 aliphatic rings. The van der Waals surface area contributed by atoms with Crippen molar-refractivity contribution in [2.45, 2.75) is 70.1 Å². The Hall–Kier alpha value is -1.98. The SMILES string of the molecule is Cc1ccc(C2CC2)cc1C(F)(F)F.Cc1ccc(C2CCC2)cc1C(F)(F)F. The second-order valence-corrected chi connectivity index (χ2v) is 8.05. The molecule has 2 saturated carbocycles. The molecule has 0 spiro atoms. The van der Waals surface area contributed by atoms with Gasteiger partial charge in [0.15, 0.2) is 0 Å². The van der Waals surface area contributed by atoms with Crippen molar-refractivity contribution in [2.24, 2.45) is 0 Å². The van der Waals surface area contributed by atoms with Gasteiger partial charge in [0.05, 0.1) is 11.1 Å². The molecule has 0 atom stereocenters. The van der Waals surface area contributed by atoms with Gasteiger partial charge in [-0.2, -0.15) is 26.3 Å². The lowest BCUT2D eigenvalue weighted by atomic mass is 9.79. The number of hydrogen-bond donors (Lipinski definition) is 0. The normalized spacial score (nSPS) is 17.4. The summed E-state index contributed by atoms with van der Waals surface area (Å²) in [4.78, 5) is 0. The number of aryl methyl sites for hydroxylation is 2. The van der Waals surface area contributed by atoms with E-state index in [2.05, 4.69) is 0 Å². The highest BCUT2D eigenvalue weighted by molar-refractivity contribution is 5.37. The summed E-state index contributed by atoms with van der Waals surface area (Å²) in [6.45, 7) is 3.01. The third kappa shape index (κ3) is 5.34. The predicted octanol–water partition coefficient (Wildman–Crippen LogP) is 8.17. The average Bonchev–Trinajstić information content (AvgIpc) is 3.39. The summed E-state index contributed by atoms with van der Waals surface area (Å²) in [5.74, 6) is 0.725. The Morgan fingerprint density at radius 2 is 1.00 bits per heavy atom. The molecule has 0 saturated heterocycles. The van der Waals surface area contributed by atoms with Gasteiger partial charge in [0.25, 0.3) is 0 Å². The van der Waals surface area contributed by atoms with Crippen LogP contribution in [0.25, 0.3) is 0 Å². The van der Waals surface area contributed by atoms with Crippen molar-refractivity contribution in [2.75, 3.05) is 0 Å². The van der Waals surface area contributed by atoms with Gasteiger partial charge in [0, 0.05) is 0 Å². The smallest absolute Gasteiger partial charge is 0.166 e. The lowest BCUT2D eigenvalue weighted by Gasteiger charge is -2.26. The zero-order valence-corrected chi connectivity index (χ0v) is 16.4. The maximum absolute atomic E-state index is 12.6. The first-order valence-electron chi connectivity index (χ1n) is 9.82. The second kappa shape index (κ2) is 8.04. The minimum absolute atomic E-state index is 0.307. The Bertz CT molecular complexity index is 855. The summed E-state index contributed by atoms with van der Waals surface area (Å²) in [5.41, 5.74) is 1.34. The van der Waals surface area contributed by atoms with Crippen LogP contribution < -0.4 is 0 Å². The quantitative estimate of drug-likeness (QED) is 0.435. The summed E-state index contributed by atoms with van der Waals surface area (Å²) in [6.07, 6.45) is -3.18. The topological polar surface area (TPSA) is 0 Å².